The van der Waals surface area contributed by atoms with Crippen LogP contribution in [0.5, 0.6) is 0 Å². The molecule has 0 spiro atoms. The Balaban J connectivity index is 2.31. The average molecular weight is 238 g/mol. The molecule has 0 radical (unpaired) electrons. The molecule has 1 unspecified atom stereocenters. The molecule has 5 nitrogen and oxygen atoms in total. The number of hydrogen-bond acceptors (Lipinski definition) is 6. The maximum atomic E-state index is 5.65. The Hall–Kier alpha value is -1.40. The van der Waals surface area contributed by atoms with Crippen molar-refractivity contribution in [2.24, 2.45) is 0 Å². The summed E-state index contributed by atoms with van der Waals surface area (Å²) in [6.45, 7) is 2.65. The number of anilines is 2. The van der Waals surface area contributed by atoms with Gasteiger partial charge in [0, 0.05) is 13.2 Å². The number of nitrogens with one attached hydrogen (secondary N) is 1. The van der Waals surface area contributed by atoms with E-state index in [4.69, 9.17) is 10.5 Å². The number of nitrogen functional groups attached to an aromatic ring is 1. The minimum Gasteiger partial charge on any atom is -0.383 e. The Bertz CT molecular complexity index is 485. The third kappa shape index (κ3) is 2.23. The lowest BCUT2D eigenvalue weighted by molar-refractivity contribution is 0.190. The molecule has 0 saturated carbocycles. The van der Waals surface area contributed by atoms with Gasteiger partial charge in [0.05, 0.1) is 12.0 Å². The number of nitrogens with zero attached hydrogens (tertiary/aromatic N) is 2. The summed E-state index contributed by atoms with van der Waals surface area (Å²) >= 11 is 1.55. The molecule has 3 N–H and O–H groups in total. The van der Waals surface area contributed by atoms with E-state index >= 15 is 0 Å². The van der Waals surface area contributed by atoms with Crippen molar-refractivity contribution in [3.63, 3.8) is 0 Å². The summed E-state index contributed by atoms with van der Waals surface area (Å²) < 4.78 is 5.07. The smallest absolute Gasteiger partial charge is 0.223 e. The van der Waals surface area contributed by atoms with Crippen molar-refractivity contribution in [2.75, 3.05) is 24.8 Å². The number of fused-ring (bicyclic) bond motifs is 1. The quantitative estimate of drug-likeness (QED) is 0.848. The van der Waals surface area contributed by atoms with Gasteiger partial charge in [-0.25, -0.2) is 4.98 Å². The zero-order valence-electron chi connectivity index (χ0n) is 9.23. The Morgan fingerprint density at radius 1 is 1.56 bits per heavy atom. The number of rotatable bonds is 4. The lowest BCUT2D eigenvalue weighted by atomic mass is 10.3. The fraction of sp³-hybridized carbons (Fsp3) is 0.400. The van der Waals surface area contributed by atoms with Crippen LogP contribution in [0, 0.1) is 0 Å². The van der Waals surface area contributed by atoms with Crippen LogP contribution in [0.25, 0.3) is 10.2 Å². The van der Waals surface area contributed by atoms with Crippen LogP contribution in [0.15, 0.2) is 11.4 Å². The molecule has 0 aromatic carbocycles. The summed E-state index contributed by atoms with van der Waals surface area (Å²) in [5, 5.41) is 6.24. The SMILES string of the molecule is COCC(C)Nc1nc(N)nc2sccc12. The summed E-state index contributed by atoms with van der Waals surface area (Å²) in [4.78, 5) is 9.27. The molecule has 86 valence electrons. The molecule has 2 aromatic heterocycles. The van der Waals surface area contributed by atoms with Crippen LogP contribution >= 0.6 is 11.3 Å². The molecule has 0 aliphatic rings. The molecule has 0 fully saturated rings. The van der Waals surface area contributed by atoms with Crippen molar-refractivity contribution in [3.05, 3.63) is 11.4 Å². The van der Waals surface area contributed by atoms with E-state index in [-0.39, 0.29) is 6.04 Å². The zero-order valence-corrected chi connectivity index (χ0v) is 10.0. The minimum atomic E-state index is 0.183. The van der Waals surface area contributed by atoms with Crippen molar-refractivity contribution >= 4 is 33.3 Å². The summed E-state index contributed by atoms with van der Waals surface area (Å²) in [7, 11) is 1.67. The van der Waals surface area contributed by atoms with Crippen LogP contribution in [-0.2, 0) is 4.74 Å². The Morgan fingerprint density at radius 2 is 2.38 bits per heavy atom. The highest BCUT2D eigenvalue weighted by atomic mass is 32.1. The van der Waals surface area contributed by atoms with E-state index in [0.29, 0.717) is 12.6 Å². The standard InChI is InChI=1S/C10H14N4OS/c1-6(5-15-2)12-8-7-3-4-16-9(7)14-10(11)13-8/h3-4,6H,5H2,1-2H3,(H3,11,12,13,14). The molecule has 2 aromatic rings. The van der Waals surface area contributed by atoms with E-state index in [2.05, 4.69) is 15.3 Å². The summed E-state index contributed by atoms with van der Waals surface area (Å²) in [5.74, 6) is 1.07. The number of methoxy groups -OCH3 is 1. The number of thiophene rings is 1. The third-order valence-electron chi connectivity index (χ3n) is 2.14. The molecule has 0 amide bonds. The molecular formula is C10H14N4OS. The molecular weight excluding hydrogens is 224 g/mol. The van der Waals surface area contributed by atoms with Gasteiger partial charge in [0.25, 0.3) is 0 Å². The highest BCUT2D eigenvalue weighted by Gasteiger charge is 2.09. The number of nitrogens with two attached hydrogens (primary N) is 1. The van der Waals surface area contributed by atoms with Crippen molar-refractivity contribution in [3.8, 4) is 0 Å². The number of hydrogen-bond donors (Lipinski definition) is 2. The average Bonchev–Trinajstić information content (AvgIpc) is 2.65. The monoisotopic (exact) mass is 238 g/mol. The van der Waals surface area contributed by atoms with Crippen molar-refractivity contribution in [2.45, 2.75) is 13.0 Å². The molecule has 6 heteroatoms. The summed E-state index contributed by atoms with van der Waals surface area (Å²) in [6.07, 6.45) is 0. The van der Waals surface area contributed by atoms with Gasteiger partial charge in [0.1, 0.15) is 10.6 Å². The van der Waals surface area contributed by atoms with Crippen LogP contribution in [0.1, 0.15) is 6.92 Å². The van der Waals surface area contributed by atoms with E-state index in [1.165, 1.54) is 0 Å². The van der Waals surface area contributed by atoms with Crippen LogP contribution in [0.3, 0.4) is 0 Å². The van der Waals surface area contributed by atoms with E-state index < -0.39 is 0 Å². The highest BCUT2D eigenvalue weighted by molar-refractivity contribution is 7.16. The van der Waals surface area contributed by atoms with Crippen LogP contribution < -0.4 is 11.1 Å². The molecule has 1 atom stereocenters. The highest BCUT2D eigenvalue weighted by Crippen LogP contribution is 2.25. The second kappa shape index (κ2) is 4.63. The van der Waals surface area contributed by atoms with Gasteiger partial charge in [-0.2, -0.15) is 4.98 Å². The fourth-order valence-corrected chi connectivity index (χ4v) is 2.28. The molecule has 2 heterocycles. The molecule has 2 rings (SSSR count). The molecule has 0 aliphatic heterocycles. The van der Waals surface area contributed by atoms with Crippen molar-refractivity contribution in [1.29, 1.82) is 0 Å². The Morgan fingerprint density at radius 3 is 3.12 bits per heavy atom. The van der Waals surface area contributed by atoms with E-state index in [0.717, 1.165) is 16.0 Å². The van der Waals surface area contributed by atoms with Crippen molar-refractivity contribution < 1.29 is 4.74 Å². The minimum absolute atomic E-state index is 0.183. The largest absolute Gasteiger partial charge is 0.383 e. The fourth-order valence-electron chi connectivity index (χ4n) is 1.51. The van der Waals surface area contributed by atoms with Crippen molar-refractivity contribution in [1.82, 2.24) is 9.97 Å². The molecule has 0 bridgehead atoms. The van der Waals surface area contributed by atoms with Crippen LogP contribution in [-0.4, -0.2) is 29.7 Å². The van der Waals surface area contributed by atoms with E-state index in [9.17, 15) is 0 Å². The third-order valence-corrected chi connectivity index (χ3v) is 2.95. The van der Waals surface area contributed by atoms with E-state index in [1.54, 1.807) is 18.4 Å². The molecule has 0 saturated heterocycles. The van der Waals surface area contributed by atoms with Gasteiger partial charge in [0.2, 0.25) is 5.95 Å². The zero-order chi connectivity index (χ0) is 11.5. The Kier molecular flexibility index (Phi) is 3.21. The normalized spacial score (nSPS) is 12.9. The number of ether oxygens (including phenoxy) is 1. The van der Waals surface area contributed by atoms with Gasteiger partial charge in [-0.3, -0.25) is 0 Å². The maximum Gasteiger partial charge on any atom is 0.223 e. The second-order valence-corrected chi connectivity index (χ2v) is 4.47. The van der Waals surface area contributed by atoms with Crippen LogP contribution in [0.2, 0.25) is 0 Å². The first-order valence-corrected chi connectivity index (χ1v) is 5.85. The topological polar surface area (TPSA) is 73.1 Å². The predicted octanol–water partition coefficient (Wildman–Crippen LogP) is 1.72. The summed E-state index contributed by atoms with van der Waals surface area (Å²) in [6, 6.07) is 2.17. The maximum absolute atomic E-state index is 5.65. The molecule has 16 heavy (non-hydrogen) atoms. The number of aromatic nitrogens is 2. The predicted molar refractivity (Wildman–Crippen MR) is 66.8 cm³/mol. The first-order valence-electron chi connectivity index (χ1n) is 4.97. The summed E-state index contributed by atoms with van der Waals surface area (Å²) in [5.41, 5.74) is 5.65. The first kappa shape index (κ1) is 11.1. The lowest BCUT2D eigenvalue weighted by Crippen LogP contribution is -2.21. The molecule has 0 aliphatic carbocycles. The van der Waals surface area contributed by atoms with Gasteiger partial charge in [-0.05, 0) is 18.4 Å². The lowest BCUT2D eigenvalue weighted by Gasteiger charge is -2.14. The van der Waals surface area contributed by atoms with Gasteiger partial charge in [0.15, 0.2) is 0 Å². The van der Waals surface area contributed by atoms with Gasteiger partial charge in [-0.15, -0.1) is 11.3 Å². The Labute approximate surface area is 97.7 Å². The van der Waals surface area contributed by atoms with Crippen LogP contribution in [0.4, 0.5) is 11.8 Å². The van der Waals surface area contributed by atoms with Gasteiger partial charge < -0.3 is 15.8 Å². The van der Waals surface area contributed by atoms with Gasteiger partial charge in [-0.1, -0.05) is 0 Å². The second-order valence-electron chi connectivity index (χ2n) is 3.57. The van der Waals surface area contributed by atoms with E-state index in [1.807, 2.05) is 18.4 Å². The van der Waals surface area contributed by atoms with Gasteiger partial charge >= 0.3 is 0 Å². The first-order chi connectivity index (χ1) is 7.70.